The van der Waals surface area contributed by atoms with Gasteiger partial charge >= 0.3 is 12.1 Å². The SMILES string of the molecule is CC[C@H](NC(=O)OC(C)(C)C)c1ccc(OC(=O)c2coc(C)n2)c(OCC2CC2)c1OC. The van der Waals surface area contributed by atoms with E-state index >= 15 is 0 Å². The first-order valence-electron chi connectivity index (χ1n) is 11.1. The molecule has 0 spiro atoms. The van der Waals surface area contributed by atoms with Crippen LogP contribution in [0.2, 0.25) is 0 Å². The molecule has 1 heterocycles. The van der Waals surface area contributed by atoms with Crippen molar-refractivity contribution in [2.45, 2.75) is 65.5 Å². The number of nitrogens with zero attached hydrogens (tertiary/aromatic N) is 1. The third-order valence-electron chi connectivity index (χ3n) is 4.98. The molecule has 1 amide bonds. The smallest absolute Gasteiger partial charge is 0.408 e. The predicted molar refractivity (Wildman–Crippen MR) is 120 cm³/mol. The van der Waals surface area contributed by atoms with Crippen LogP contribution in [0.1, 0.15) is 74.9 Å². The molecule has 1 atom stereocenters. The molecule has 9 heteroatoms. The summed E-state index contributed by atoms with van der Waals surface area (Å²) in [7, 11) is 1.51. The predicted octanol–water partition coefficient (Wildman–Crippen LogP) is 4.98. The summed E-state index contributed by atoms with van der Waals surface area (Å²) < 4.78 is 27.8. The monoisotopic (exact) mass is 460 g/mol. The minimum Gasteiger partial charge on any atom is -0.492 e. The van der Waals surface area contributed by atoms with Crippen LogP contribution in [-0.4, -0.2) is 36.4 Å². The van der Waals surface area contributed by atoms with Gasteiger partial charge in [0.25, 0.3) is 0 Å². The third-order valence-corrected chi connectivity index (χ3v) is 4.98. The molecular formula is C24H32N2O7. The first kappa shape index (κ1) is 24.4. The molecule has 9 nitrogen and oxygen atoms in total. The lowest BCUT2D eigenvalue weighted by atomic mass is 10.0. The van der Waals surface area contributed by atoms with Crippen molar-refractivity contribution in [2.75, 3.05) is 13.7 Å². The average Bonchev–Trinajstić information content (AvgIpc) is 3.47. The molecule has 2 aromatic rings. The number of oxazole rings is 1. The van der Waals surface area contributed by atoms with Crippen molar-refractivity contribution in [3.63, 3.8) is 0 Å². The van der Waals surface area contributed by atoms with Crippen molar-refractivity contribution in [1.29, 1.82) is 0 Å². The van der Waals surface area contributed by atoms with Gasteiger partial charge in [0.1, 0.15) is 11.9 Å². The summed E-state index contributed by atoms with van der Waals surface area (Å²) in [5.74, 6) is 1.05. The standard InChI is InChI=1S/C24H32N2O7/c1-7-17(26-23(28)33-24(3,4)5)16-10-11-19(32-22(27)18-13-30-14(2)25-18)21(20(16)29-6)31-12-15-8-9-15/h10-11,13,15,17H,7-9,12H2,1-6H3,(H,26,28)/t17-/m0/s1. The highest BCUT2D eigenvalue weighted by Gasteiger charge is 2.29. The van der Waals surface area contributed by atoms with Crippen molar-refractivity contribution in [2.24, 2.45) is 5.92 Å². The zero-order valence-corrected chi connectivity index (χ0v) is 20.0. The van der Waals surface area contributed by atoms with E-state index in [1.54, 1.807) is 39.8 Å². The minimum atomic E-state index is -0.670. The van der Waals surface area contributed by atoms with Gasteiger partial charge in [0, 0.05) is 12.5 Å². The van der Waals surface area contributed by atoms with E-state index < -0.39 is 23.7 Å². The van der Waals surface area contributed by atoms with Crippen molar-refractivity contribution in [3.8, 4) is 17.2 Å². The van der Waals surface area contributed by atoms with E-state index in [4.69, 9.17) is 23.4 Å². The van der Waals surface area contributed by atoms with E-state index in [2.05, 4.69) is 10.3 Å². The van der Waals surface area contributed by atoms with E-state index in [-0.39, 0.29) is 11.4 Å². The number of ether oxygens (including phenoxy) is 4. The van der Waals surface area contributed by atoms with Gasteiger partial charge in [-0.25, -0.2) is 14.6 Å². The number of aryl methyl sites for hydroxylation is 1. The van der Waals surface area contributed by atoms with E-state index in [0.29, 0.717) is 41.9 Å². The Morgan fingerprint density at radius 1 is 1.24 bits per heavy atom. The molecule has 1 saturated carbocycles. The van der Waals surface area contributed by atoms with Gasteiger partial charge in [0.2, 0.25) is 5.75 Å². The second-order valence-corrected chi connectivity index (χ2v) is 9.02. The van der Waals surface area contributed by atoms with Crippen LogP contribution in [0.15, 0.2) is 22.8 Å². The number of benzene rings is 1. The Kier molecular flexibility index (Phi) is 7.50. The first-order chi connectivity index (χ1) is 15.6. The van der Waals surface area contributed by atoms with Crippen LogP contribution in [0.25, 0.3) is 0 Å². The van der Waals surface area contributed by atoms with Crippen molar-refractivity contribution < 1.29 is 33.0 Å². The molecule has 1 N–H and O–H groups in total. The van der Waals surface area contributed by atoms with Crippen LogP contribution in [0.5, 0.6) is 17.2 Å². The number of hydrogen-bond acceptors (Lipinski definition) is 8. The van der Waals surface area contributed by atoms with Crippen LogP contribution in [-0.2, 0) is 4.74 Å². The summed E-state index contributed by atoms with van der Waals surface area (Å²) in [4.78, 5) is 29.0. The summed E-state index contributed by atoms with van der Waals surface area (Å²) in [6.45, 7) is 9.46. The van der Waals surface area contributed by atoms with Gasteiger partial charge in [-0.15, -0.1) is 0 Å². The Morgan fingerprint density at radius 3 is 2.52 bits per heavy atom. The second kappa shape index (κ2) is 10.1. The van der Waals surface area contributed by atoms with Crippen LogP contribution in [0, 0.1) is 12.8 Å². The molecule has 0 bridgehead atoms. The lowest BCUT2D eigenvalue weighted by molar-refractivity contribution is 0.0501. The quantitative estimate of drug-likeness (QED) is 0.412. The Morgan fingerprint density at radius 2 is 1.97 bits per heavy atom. The summed E-state index contributed by atoms with van der Waals surface area (Å²) in [5.41, 5.74) is 0.123. The van der Waals surface area contributed by atoms with E-state index in [1.165, 1.54) is 13.4 Å². The van der Waals surface area contributed by atoms with Gasteiger partial charge in [0.05, 0.1) is 19.8 Å². The molecule has 1 aliphatic rings. The Balaban J connectivity index is 1.91. The van der Waals surface area contributed by atoms with Crippen LogP contribution >= 0.6 is 0 Å². The third kappa shape index (κ3) is 6.63. The van der Waals surface area contributed by atoms with Gasteiger partial charge in [-0.05, 0) is 58.1 Å². The number of amides is 1. The largest absolute Gasteiger partial charge is 0.492 e. The van der Waals surface area contributed by atoms with Crippen LogP contribution in [0.3, 0.4) is 0 Å². The van der Waals surface area contributed by atoms with E-state index in [9.17, 15) is 9.59 Å². The minimum absolute atomic E-state index is 0.0571. The zero-order chi connectivity index (χ0) is 24.2. The molecule has 1 fully saturated rings. The Labute approximate surface area is 193 Å². The number of aromatic nitrogens is 1. The highest BCUT2D eigenvalue weighted by Crippen LogP contribution is 2.44. The number of carbonyl (C=O) groups is 2. The van der Waals surface area contributed by atoms with Gasteiger partial charge < -0.3 is 28.7 Å². The summed E-state index contributed by atoms with van der Waals surface area (Å²) in [5, 5.41) is 2.88. The van der Waals surface area contributed by atoms with Gasteiger partial charge in [-0.1, -0.05) is 6.92 Å². The number of methoxy groups -OCH3 is 1. The molecule has 33 heavy (non-hydrogen) atoms. The molecular weight excluding hydrogens is 428 g/mol. The van der Waals surface area contributed by atoms with Gasteiger partial charge in [0.15, 0.2) is 23.1 Å². The Hall–Kier alpha value is -3.23. The molecule has 0 saturated heterocycles. The lowest BCUT2D eigenvalue weighted by Gasteiger charge is -2.25. The number of rotatable bonds is 9. The van der Waals surface area contributed by atoms with E-state index in [1.807, 2.05) is 6.92 Å². The van der Waals surface area contributed by atoms with Crippen molar-refractivity contribution in [3.05, 3.63) is 35.5 Å². The number of esters is 1. The summed E-state index contributed by atoms with van der Waals surface area (Å²) in [6, 6.07) is 2.97. The zero-order valence-electron chi connectivity index (χ0n) is 20.0. The van der Waals surface area contributed by atoms with Crippen molar-refractivity contribution >= 4 is 12.1 Å². The fourth-order valence-corrected chi connectivity index (χ4v) is 3.21. The first-order valence-corrected chi connectivity index (χ1v) is 11.1. The van der Waals surface area contributed by atoms with E-state index in [0.717, 1.165) is 12.8 Å². The maximum absolute atomic E-state index is 12.6. The molecule has 1 aliphatic carbocycles. The number of carbonyl (C=O) groups excluding carboxylic acids is 2. The van der Waals surface area contributed by atoms with Gasteiger partial charge in [-0.2, -0.15) is 0 Å². The molecule has 0 aliphatic heterocycles. The fraction of sp³-hybridized carbons (Fsp3) is 0.542. The maximum Gasteiger partial charge on any atom is 0.408 e. The molecule has 1 aromatic heterocycles. The lowest BCUT2D eigenvalue weighted by Crippen LogP contribution is -2.35. The highest BCUT2D eigenvalue weighted by molar-refractivity contribution is 5.89. The average molecular weight is 461 g/mol. The molecule has 0 radical (unpaired) electrons. The fourth-order valence-electron chi connectivity index (χ4n) is 3.21. The number of nitrogens with one attached hydrogen (secondary N) is 1. The maximum atomic E-state index is 12.6. The summed E-state index contributed by atoms with van der Waals surface area (Å²) >= 11 is 0. The number of alkyl carbamates (subject to hydrolysis) is 1. The number of hydrogen-bond donors (Lipinski definition) is 1. The highest BCUT2D eigenvalue weighted by atomic mass is 16.6. The van der Waals surface area contributed by atoms with Crippen molar-refractivity contribution in [1.82, 2.24) is 10.3 Å². The summed E-state index contributed by atoms with van der Waals surface area (Å²) in [6.07, 6.45) is 3.47. The molecule has 1 aromatic carbocycles. The van der Waals surface area contributed by atoms with Gasteiger partial charge in [-0.3, -0.25) is 0 Å². The topological polar surface area (TPSA) is 109 Å². The molecule has 180 valence electrons. The normalized spacial score (nSPS) is 14.4. The van der Waals surface area contributed by atoms with Crippen LogP contribution < -0.4 is 19.5 Å². The molecule has 0 unspecified atom stereocenters. The second-order valence-electron chi connectivity index (χ2n) is 9.02. The Bertz CT molecular complexity index is 989. The van der Waals surface area contributed by atoms with Crippen LogP contribution in [0.4, 0.5) is 4.79 Å². The molecule has 3 rings (SSSR count).